The van der Waals surface area contributed by atoms with E-state index in [0.29, 0.717) is 6.54 Å². The van der Waals surface area contributed by atoms with Gasteiger partial charge in [0, 0.05) is 12.0 Å². The van der Waals surface area contributed by atoms with E-state index < -0.39 is 5.97 Å². The Morgan fingerprint density at radius 3 is 2.26 bits per heavy atom. The van der Waals surface area contributed by atoms with Crippen molar-refractivity contribution in [2.75, 3.05) is 20.2 Å². The first kappa shape index (κ1) is 15.5. The largest absolute Gasteiger partial charge is 0.496 e. The zero-order valence-electron chi connectivity index (χ0n) is 12.3. The fourth-order valence-corrected chi connectivity index (χ4v) is 2.25. The summed E-state index contributed by atoms with van der Waals surface area (Å²) < 4.78 is 5.36. The maximum atomic E-state index is 10.5. The standard InChI is InChI=1S/C15H23NO3/c1-10-6-12(7-11(2)14(10)19-5)15(3,4)9-16-8-13(17)18/h6-7,16H,8-9H2,1-5H3,(H,17,18). The van der Waals surface area contributed by atoms with Crippen molar-refractivity contribution >= 4 is 5.97 Å². The molecule has 4 nitrogen and oxygen atoms in total. The summed E-state index contributed by atoms with van der Waals surface area (Å²) in [5, 5.41) is 11.6. The highest BCUT2D eigenvalue weighted by atomic mass is 16.5. The van der Waals surface area contributed by atoms with Gasteiger partial charge >= 0.3 is 5.97 Å². The van der Waals surface area contributed by atoms with Gasteiger partial charge in [-0.15, -0.1) is 0 Å². The number of carboxylic acid groups (broad SMARTS) is 1. The predicted octanol–water partition coefficient (Wildman–Crippen LogP) is 2.26. The molecule has 1 aromatic rings. The minimum Gasteiger partial charge on any atom is -0.496 e. The molecule has 0 saturated carbocycles. The van der Waals surface area contributed by atoms with Crippen LogP contribution in [0.1, 0.15) is 30.5 Å². The van der Waals surface area contributed by atoms with Gasteiger partial charge in [-0.1, -0.05) is 26.0 Å². The van der Waals surface area contributed by atoms with Crippen LogP contribution in [0.25, 0.3) is 0 Å². The first-order valence-corrected chi connectivity index (χ1v) is 6.36. The minimum atomic E-state index is -0.835. The number of ether oxygens (including phenoxy) is 1. The molecule has 0 spiro atoms. The monoisotopic (exact) mass is 265 g/mol. The van der Waals surface area contributed by atoms with E-state index in [1.165, 1.54) is 5.56 Å². The summed E-state index contributed by atoms with van der Waals surface area (Å²) in [6.07, 6.45) is 0. The Balaban J connectivity index is 2.92. The number of aryl methyl sites for hydroxylation is 2. The second-order valence-corrected chi connectivity index (χ2v) is 5.52. The molecule has 0 aromatic heterocycles. The number of rotatable bonds is 6. The zero-order valence-corrected chi connectivity index (χ0v) is 12.3. The molecule has 0 aliphatic rings. The lowest BCUT2D eigenvalue weighted by Crippen LogP contribution is -2.35. The molecule has 106 valence electrons. The van der Waals surface area contributed by atoms with Crippen LogP contribution in [0.15, 0.2) is 12.1 Å². The molecule has 1 rings (SSSR count). The van der Waals surface area contributed by atoms with E-state index in [9.17, 15) is 4.79 Å². The van der Waals surface area contributed by atoms with E-state index in [2.05, 4.69) is 31.3 Å². The molecule has 0 heterocycles. The molecule has 0 saturated heterocycles. The van der Waals surface area contributed by atoms with Gasteiger partial charge in [0.1, 0.15) is 5.75 Å². The SMILES string of the molecule is COc1c(C)cc(C(C)(C)CNCC(=O)O)cc1C. The highest BCUT2D eigenvalue weighted by molar-refractivity contribution is 5.69. The Labute approximate surface area is 114 Å². The van der Waals surface area contributed by atoms with E-state index in [-0.39, 0.29) is 12.0 Å². The van der Waals surface area contributed by atoms with Crippen molar-refractivity contribution in [2.45, 2.75) is 33.1 Å². The van der Waals surface area contributed by atoms with Gasteiger partial charge in [0.2, 0.25) is 0 Å². The lowest BCUT2D eigenvalue weighted by molar-refractivity contribution is -0.136. The normalized spacial score (nSPS) is 11.4. The third-order valence-electron chi connectivity index (χ3n) is 3.29. The van der Waals surface area contributed by atoms with Crippen molar-refractivity contribution in [3.63, 3.8) is 0 Å². The van der Waals surface area contributed by atoms with E-state index in [1.54, 1.807) is 7.11 Å². The predicted molar refractivity (Wildman–Crippen MR) is 76.0 cm³/mol. The Kier molecular flexibility index (Phi) is 4.95. The van der Waals surface area contributed by atoms with Crippen LogP contribution in [-0.4, -0.2) is 31.3 Å². The highest BCUT2D eigenvalue weighted by Crippen LogP contribution is 2.30. The number of hydrogen-bond donors (Lipinski definition) is 2. The molecule has 1 aromatic carbocycles. The minimum absolute atomic E-state index is 0.0163. The van der Waals surface area contributed by atoms with Gasteiger partial charge in [-0.3, -0.25) is 4.79 Å². The third kappa shape index (κ3) is 3.96. The van der Waals surface area contributed by atoms with Crippen LogP contribution in [0.4, 0.5) is 0 Å². The van der Waals surface area contributed by atoms with Crippen LogP contribution in [0, 0.1) is 13.8 Å². The van der Waals surface area contributed by atoms with E-state index >= 15 is 0 Å². The van der Waals surface area contributed by atoms with Crippen molar-refractivity contribution in [1.82, 2.24) is 5.32 Å². The molecule has 2 N–H and O–H groups in total. The Morgan fingerprint density at radius 1 is 1.32 bits per heavy atom. The van der Waals surface area contributed by atoms with Gasteiger partial charge in [-0.2, -0.15) is 0 Å². The molecular formula is C15H23NO3. The summed E-state index contributed by atoms with van der Waals surface area (Å²) in [6, 6.07) is 4.21. The smallest absolute Gasteiger partial charge is 0.317 e. The Hall–Kier alpha value is -1.55. The first-order valence-electron chi connectivity index (χ1n) is 6.36. The molecule has 0 radical (unpaired) electrons. The van der Waals surface area contributed by atoms with Gasteiger partial charge < -0.3 is 15.2 Å². The number of carboxylic acids is 1. The van der Waals surface area contributed by atoms with E-state index in [0.717, 1.165) is 16.9 Å². The molecule has 0 bridgehead atoms. The summed E-state index contributed by atoms with van der Waals surface area (Å²) in [7, 11) is 1.68. The van der Waals surface area contributed by atoms with Gasteiger partial charge in [-0.25, -0.2) is 0 Å². The average Bonchev–Trinajstić information content (AvgIpc) is 2.27. The first-order chi connectivity index (χ1) is 8.77. The third-order valence-corrected chi connectivity index (χ3v) is 3.29. The van der Waals surface area contributed by atoms with Crippen LogP contribution in [-0.2, 0) is 10.2 Å². The number of methoxy groups -OCH3 is 1. The lowest BCUT2D eigenvalue weighted by atomic mass is 9.82. The Morgan fingerprint density at radius 2 is 1.84 bits per heavy atom. The number of carbonyl (C=O) groups is 1. The van der Waals surface area contributed by atoms with Crippen LogP contribution in [0.3, 0.4) is 0 Å². The van der Waals surface area contributed by atoms with Crippen molar-refractivity contribution in [3.05, 3.63) is 28.8 Å². The molecule has 0 aliphatic carbocycles. The van der Waals surface area contributed by atoms with E-state index in [1.807, 2.05) is 13.8 Å². The molecule has 0 unspecified atom stereocenters. The number of hydrogen-bond acceptors (Lipinski definition) is 3. The lowest BCUT2D eigenvalue weighted by Gasteiger charge is -2.27. The van der Waals surface area contributed by atoms with Gasteiger partial charge in [0.05, 0.1) is 13.7 Å². The quantitative estimate of drug-likeness (QED) is 0.828. The van der Waals surface area contributed by atoms with Crippen molar-refractivity contribution in [3.8, 4) is 5.75 Å². The molecule has 4 heteroatoms. The maximum absolute atomic E-state index is 10.5. The van der Waals surface area contributed by atoms with Crippen LogP contribution in [0.5, 0.6) is 5.75 Å². The molecular weight excluding hydrogens is 242 g/mol. The molecule has 0 aliphatic heterocycles. The van der Waals surface area contributed by atoms with Gasteiger partial charge in [0.25, 0.3) is 0 Å². The second-order valence-electron chi connectivity index (χ2n) is 5.52. The number of benzene rings is 1. The van der Waals surface area contributed by atoms with Crippen LogP contribution in [0.2, 0.25) is 0 Å². The number of nitrogens with one attached hydrogen (secondary N) is 1. The van der Waals surface area contributed by atoms with E-state index in [4.69, 9.17) is 9.84 Å². The van der Waals surface area contributed by atoms with Crippen LogP contribution < -0.4 is 10.1 Å². The molecule has 0 atom stereocenters. The van der Waals surface area contributed by atoms with Crippen molar-refractivity contribution in [2.24, 2.45) is 0 Å². The second kappa shape index (κ2) is 6.06. The van der Waals surface area contributed by atoms with Crippen LogP contribution >= 0.6 is 0 Å². The van der Waals surface area contributed by atoms with Gasteiger partial charge in [-0.05, 0) is 30.5 Å². The molecule has 19 heavy (non-hydrogen) atoms. The summed E-state index contributed by atoms with van der Waals surface area (Å²) in [6.45, 7) is 8.85. The Bertz CT molecular complexity index is 443. The zero-order chi connectivity index (χ0) is 14.6. The molecule has 0 fully saturated rings. The summed E-state index contributed by atoms with van der Waals surface area (Å²) in [5.41, 5.74) is 3.26. The topological polar surface area (TPSA) is 58.6 Å². The summed E-state index contributed by atoms with van der Waals surface area (Å²) >= 11 is 0. The summed E-state index contributed by atoms with van der Waals surface area (Å²) in [4.78, 5) is 10.5. The highest BCUT2D eigenvalue weighted by Gasteiger charge is 2.22. The summed E-state index contributed by atoms with van der Waals surface area (Å²) in [5.74, 6) is 0.0796. The molecule has 0 amide bonds. The fourth-order valence-electron chi connectivity index (χ4n) is 2.25. The van der Waals surface area contributed by atoms with Crippen molar-refractivity contribution < 1.29 is 14.6 Å². The maximum Gasteiger partial charge on any atom is 0.317 e. The number of aliphatic carboxylic acids is 1. The van der Waals surface area contributed by atoms with Crippen molar-refractivity contribution in [1.29, 1.82) is 0 Å². The fraction of sp³-hybridized carbons (Fsp3) is 0.533. The van der Waals surface area contributed by atoms with Gasteiger partial charge in [0.15, 0.2) is 0 Å². The average molecular weight is 265 g/mol.